The second-order valence-electron chi connectivity index (χ2n) is 5.38. The van der Waals surface area contributed by atoms with Crippen LogP contribution < -0.4 is 4.74 Å². The molecule has 4 heteroatoms. The summed E-state index contributed by atoms with van der Waals surface area (Å²) in [6.45, 7) is 2.13. The van der Waals surface area contributed by atoms with Crippen molar-refractivity contribution in [2.75, 3.05) is 13.7 Å². The van der Waals surface area contributed by atoms with Crippen LogP contribution in [0.2, 0.25) is 0 Å². The first-order valence-electron chi connectivity index (χ1n) is 7.13. The van der Waals surface area contributed by atoms with Crippen molar-refractivity contribution >= 4 is 0 Å². The molecular formula is C16H21N3O. The Morgan fingerprint density at radius 2 is 2.10 bits per heavy atom. The molecule has 0 spiro atoms. The zero-order valence-corrected chi connectivity index (χ0v) is 12.1. The van der Waals surface area contributed by atoms with Gasteiger partial charge in [0.2, 0.25) is 5.88 Å². The van der Waals surface area contributed by atoms with Crippen molar-refractivity contribution < 1.29 is 4.74 Å². The first-order valence-corrected chi connectivity index (χ1v) is 7.13. The zero-order valence-electron chi connectivity index (χ0n) is 12.1. The van der Waals surface area contributed by atoms with Gasteiger partial charge in [-0.2, -0.15) is 0 Å². The molecule has 106 valence electrons. The minimum absolute atomic E-state index is 0.416. The molecule has 1 saturated heterocycles. The number of aryl methyl sites for hydroxylation is 1. The number of hydrogen-bond acceptors (Lipinski definition) is 3. The van der Waals surface area contributed by atoms with Crippen molar-refractivity contribution in [3.8, 4) is 5.88 Å². The molecule has 1 unspecified atom stereocenters. The molecule has 20 heavy (non-hydrogen) atoms. The van der Waals surface area contributed by atoms with Crippen molar-refractivity contribution in [3.05, 3.63) is 47.7 Å². The van der Waals surface area contributed by atoms with E-state index in [2.05, 4.69) is 46.5 Å². The number of rotatable bonds is 4. The van der Waals surface area contributed by atoms with E-state index in [1.807, 2.05) is 11.7 Å². The van der Waals surface area contributed by atoms with E-state index in [0.717, 1.165) is 19.0 Å². The molecule has 3 rings (SSSR count). The molecule has 0 radical (unpaired) electrons. The summed E-state index contributed by atoms with van der Waals surface area (Å²) in [5.41, 5.74) is 2.57. The summed E-state index contributed by atoms with van der Waals surface area (Å²) >= 11 is 0. The Balaban J connectivity index is 1.81. The number of nitrogens with zero attached hydrogens (tertiary/aromatic N) is 3. The summed E-state index contributed by atoms with van der Waals surface area (Å²) < 4.78 is 7.26. The molecule has 1 aromatic carbocycles. The Morgan fingerprint density at radius 1 is 1.30 bits per heavy atom. The summed E-state index contributed by atoms with van der Waals surface area (Å²) in [5, 5.41) is 4.38. The third-order valence-corrected chi connectivity index (χ3v) is 3.97. The molecule has 4 nitrogen and oxygen atoms in total. The maximum absolute atomic E-state index is 5.42. The molecule has 0 aliphatic carbocycles. The predicted octanol–water partition coefficient (Wildman–Crippen LogP) is 2.77. The minimum Gasteiger partial charge on any atom is -0.480 e. The molecule has 0 amide bonds. The van der Waals surface area contributed by atoms with E-state index >= 15 is 0 Å². The quantitative estimate of drug-likeness (QED) is 0.856. The highest BCUT2D eigenvalue weighted by Crippen LogP contribution is 2.37. The molecule has 0 N–H and O–H groups in total. The summed E-state index contributed by atoms with van der Waals surface area (Å²) in [6, 6.07) is 11.1. The van der Waals surface area contributed by atoms with E-state index in [1.54, 1.807) is 7.11 Å². The summed E-state index contributed by atoms with van der Waals surface area (Å²) in [5.74, 6) is 0.762. The van der Waals surface area contributed by atoms with E-state index in [1.165, 1.54) is 24.0 Å². The van der Waals surface area contributed by atoms with Gasteiger partial charge in [0.25, 0.3) is 0 Å². The van der Waals surface area contributed by atoms with E-state index < -0.39 is 0 Å². The summed E-state index contributed by atoms with van der Waals surface area (Å²) in [7, 11) is 3.64. The van der Waals surface area contributed by atoms with Crippen molar-refractivity contribution in [3.63, 3.8) is 0 Å². The average molecular weight is 271 g/mol. The van der Waals surface area contributed by atoms with Gasteiger partial charge in [-0.25, -0.2) is 0 Å². The van der Waals surface area contributed by atoms with Gasteiger partial charge in [0.05, 0.1) is 12.7 Å². The van der Waals surface area contributed by atoms with Crippen LogP contribution in [0.4, 0.5) is 0 Å². The smallest absolute Gasteiger partial charge is 0.237 e. The molecule has 1 atom stereocenters. The summed E-state index contributed by atoms with van der Waals surface area (Å²) in [4.78, 5) is 2.52. The maximum atomic E-state index is 5.42. The topological polar surface area (TPSA) is 30.3 Å². The van der Waals surface area contributed by atoms with Gasteiger partial charge in [-0.05, 0) is 24.9 Å². The standard InChI is InChI=1S/C16H21N3O/c1-18-12-14(16(17-18)20-2)15-9-6-10-19(15)11-13-7-4-3-5-8-13/h3-5,7-8,12,15H,6,9-11H2,1-2H3. The lowest BCUT2D eigenvalue weighted by atomic mass is 10.1. The van der Waals surface area contributed by atoms with Crippen LogP contribution in [0.25, 0.3) is 0 Å². The lowest BCUT2D eigenvalue weighted by molar-refractivity contribution is 0.242. The normalized spacial score (nSPS) is 19.4. The van der Waals surface area contributed by atoms with E-state index in [9.17, 15) is 0 Å². The Hall–Kier alpha value is -1.81. The molecule has 0 bridgehead atoms. The van der Waals surface area contributed by atoms with Crippen LogP contribution in [0.1, 0.15) is 30.0 Å². The van der Waals surface area contributed by atoms with E-state index in [0.29, 0.717) is 6.04 Å². The molecule has 1 aromatic heterocycles. The van der Waals surface area contributed by atoms with Crippen molar-refractivity contribution in [2.45, 2.75) is 25.4 Å². The molecule has 1 fully saturated rings. The highest BCUT2D eigenvalue weighted by atomic mass is 16.5. The van der Waals surface area contributed by atoms with Gasteiger partial charge in [-0.3, -0.25) is 9.58 Å². The number of benzene rings is 1. The lowest BCUT2D eigenvalue weighted by Crippen LogP contribution is -2.22. The van der Waals surface area contributed by atoms with E-state index in [-0.39, 0.29) is 0 Å². The molecular weight excluding hydrogens is 250 g/mol. The number of likely N-dealkylation sites (tertiary alicyclic amines) is 1. The van der Waals surface area contributed by atoms with Gasteiger partial charge in [-0.1, -0.05) is 30.3 Å². The number of methoxy groups -OCH3 is 1. The summed E-state index contributed by atoms with van der Waals surface area (Å²) in [6.07, 6.45) is 4.50. The Morgan fingerprint density at radius 3 is 2.85 bits per heavy atom. The van der Waals surface area contributed by atoms with Gasteiger partial charge in [0.1, 0.15) is 0 Å². The van der Waals surface area contributed by atoms with Crippen molar-refractivity contribution in [1.29, 1.82) is 0 Å². The fraction of sp³-hybridized carbons (Fsp3) is 0.438. The van der Waals surface area contributed by atoms with Crippen LogP contribution in [-0.2, 0) is 13.6 Å². The van der Waals surface area contributed by atoms with Crippen LogP contribution in [0.3, 0.4) is 0 Å². The van der Waals surface area contributed by atoms with Crippen LogP contribution in [0.5, 0.6) is 5.88 Å². The predicted molar refractivity (Wildman–Crippen MR) is 78.6 cm³/mol. The number of aromatic nitrogens is 2. The monoisotopic (exact) mass is 271 g/mol. The zero-order chi connectivity index (χ0) is 13.9. The van der Waals surface area contributed by atoms with Crippen molar-refractivity contribution in [2.24, 2.45) is 7.05 Å². The fourth-order valence-corrected chi connectivity index (χ4v) is 3.06. The van der Waals surface area contributed by atoms with Crippen LogP contribution in [-0.4, -0.2) is 28.3 Å². The third-order valence-electron chi connectivity index (χ3n) is 3.97. The van der Waals surface area contributed by atoms with Crippen LogP contribution in [0, 0.1) is 0 Å². The second kappa shape index (κ2) is 5.67. The fourth-order valence-electron chi connectivity index (χ4n) is 3.06. The molecule has 1 aliphatic rings. The molecule has 1 aliphatic heterocycles. The third kappa shape index (κ3) is 2.56. The van der Waals surface area contributed by atoms with Gasteiger partial charge in [0, 0.05) is 25.8 Å². The maximum Gasteiger partial charge on any atom is 0.237 e. The van der Waals surface area contributed by atoms with Gasteiger partial charge in [-0.15, -0.1) is 5.10 Å². The van der Waals surface area contributed by atoms with Crippen LogP contribution in [0.15, 0.2) is 36.5 Å². The van der Waals surface area contributed by atoms with Crippen LogP contribution >= 0.6 is 0 Å². The molecule has 2 aromatic rings. The number of ether oxygens (including phenoxy) is 1. The Bertz CT molecular complexity index is 564. The second-order valence-corrected chi connectivity index (χ2v) is 5.38. The van der Waals surface area contributed by atoms with Crippen molar-refractivity contribution in [1.82, 2.24) is 14.7 Å². The highest BCUT2D eigenvalue weighted by molar-refractivity contribution is 5.28. The Kier molecular flexibility index (Phi) is 3.74. The first kappa shape index (κ1) is 13.2. The minimum atomic E-state index is 0.416. The SMILES string of the molecule is COc1nn(C)cc1C1CCCN1Cc1ccccc1. The average Bonchev–Trinajstić information content (AvgIpc) is 3.06. The molecule has 0 saturated carbocycles. The van der Waals surface area contributed by atoms with Gasteiger partial charge in [0.15, 0.2) is 0 Å². The van der Waals surface area contributed by atoms with Gasteiger partial charge < -0.3 is 4.74 Å². The first-order chi connectivity index (χ1) is 9.78. The lowest BCUT2D eigenvalue weighted by Gasteiger charge is -2.24. The molecule has 2 heterocycles. The largest absolute Gasteiger partial charge is 0.480 e. The van der Waals surface area contributed by atoms with E-state index in [4.69, 9.17) is 4.74 Å². The highest BCUT2D eigenvalue weighted by Gasteiger charge is 2.29. The Labute approximate surface area is 120 Å². The van der Waals surface area contributed by atoms with Gasteiger partial charge >= 0.3 is 0 Å². The number of hydrogen-bond donors (Lipinski definition) is 0.